The molecule has 7 heteroatoms. The number of nitrogens with zero attached hydrogens (tertiary/aromatic N) is 4. The second kappa shape index (κ2) is 15.7. The molecule has 0 N–H and O–H groups in total. The average Bonchev–Trinajstić information content (AvgIpc) is 3.62. The number of para-hydroxylation sites is 1. The number of aromatic nitrogens is 4. The van der Waals surface area contributed by atoms with E-state index in [1.807, 2.05) is 97.9 Å². The summed E-state index contributed by atoms with van der Waals surface area (Å²) in [5.41, 5.74) is 13.8. The van der Waals surface area contributed by atoms with Gasteiger partial charge in [-0.1, -0.05) is 145 Å². The molecular weight excluding hydrogens is 786 g/mol. The molecule has 2 heterocycles. The molecule has 306 valence electrons. The number of benzene rings is 8. The highest BCUT2D eigenvalue weighted by molar-refractivity contribution is 6.12. The lowest BCUT2D eigenvalue weighted by Gasteiger charge is -2.22. The Morgan fingerprint density at radius 1 is 0.397 bits per heavy atom. The van der Waals surface area contributed by atoms with E-state index in [-0.39, 0.29) is 0 Å². The van der Waals surface area contributed by atoms with Crippen molar-refractivity contribution in [1.29, 1.82) is 0 Å². The van der Waals surface area contributed by atoms with E-state index in [0.29, 0.717) is 34.2 Å². The van der Waals surface area contributed by atoms with Gasteiger partial charge in [0.1, 0.15) is 0 Å². The molecule has 0 aliphatic rings. The van der Waals surface area contributed by atoms with Crippen molar-refractivity contribution in [3.63, 3.8) is 0 Å². The Labute approximate surface area is 364 Å². The first-order chi connectivity index (χ1) is 30.5. The van der Waals surface area contributed by atoms with Crippen LogP contribution in [-0.4, -0.2) is 19.5 Å². The van der Waals surface area contributed by atoms with Crippen LogP contribution in [0.4, 0.5) is 13.2 Å². The number of hydrogen-bond acceptors (Lipinski definition) is 3. The normalized spacial score (nSPS) is 11.7. The highest BCUT2D eigenvalue weighted by Crippen LogP contribution is 2.46. The van der Waals surface area contributed by atoms with E-state index in [0.717, 1.165) is 66.9 Å². The van der Waals surface area contributed by atoms with Crippen molar-refractivity contribution in [1.82, 2.24) is 19.5 Å². The van der Waals surface area contributed by atoms with Gasteiger partial charge in [-0.05, 0) is 104 Å². The van der Waals surface area contributed by atoms with E-state index in [9.17, 15) is 13.2 Å². The van der Waals surface area contributed by atoms with Crippen LogP contribution >= 0.6 is 0 Å². The van der Waals surface area contributed by atoms with Crippen molar-refractivity contribution in [2.45, 2.75) is 33.9 Å². The molecule has 0 spiro atoms. The summed E-state index contributed by atoms with van der Waals surface area (Å²) in [5.74, 6) is 1.36. The van der Waals surface area contributed by atoms with Gasteiger partial charge in [0.2, 0.25) is 0 Å². The number of aryl methyl sites for hydroxylation is 4. The van der Waals surface area contributed by atoms with Gasteiger partial charge in [0.15, 0.2) is 17.5 Å². The van der Waals surface area contributed by atoms with E-state index in [1.165, 1.54) is 34.4 Å². The highest BCUT2D eigenvalue weighted by Gasteiger charge is 2.31. The fourth-order valence-electron chi connectivity index (χ4n) is 9.06. The zero-order valence-corrected chi connectivity index (χ0v) is 35.2. The van der Waals surface area contributed by atoms with Crippen molar-refractivity contribution in [3.05, 3.63) is 204 Å². The minimum Gasteiger partial charge on any atom is -0.308 e. The summed E-state index contributed by atoms with van der Waals surface area (Å²) in [6, 6.07) is 56.6. The fraction of sp³-hybridized carbons (Fsp3) is 0.0893. The van der Waals surface area contributed by atoms with Gasteiger partial charge in [0.25, 0.3) is 0 Å². The van der Waals surface area contributed by atoms with Crippen molar-refractivity contribution >= 4 is 21.8 Å². The molecule has 0 bridgehead atoms. The number of hydrogen-bond donors (Lipinski definition) is 0. The van der Waals surface area contributed by atoms with Crippen LogP contribution in [0.15, 0.2) is 176 Å². The average molecular weight is 827 g/mol. The van der Waals surface area contributed by atoms with Crippen LogP contribution in [0.1, 0.15) is 27.8 Å². The highest BCUT2D eigenvalue weighted by atomic mass is 19.4. The van der Waals surface area contributed by atoms with Gasteiger partial charge in [-0.25, -0.2) is 15.0 Å². The number of fused-ring (bicyclic) bond motifs is 3. The van der Waals surface area contributed by atoms with Gasteiger partial charge in [0, 0.05) is 38.6 Å². The molecule has 10 aromatic rings. The van der Waals surface area contributed by atoms with Crippen molar-refractivity contribution in [2.24, 2.45) is 0 Å². The van der Waals surface area contributed by atoms with Crippen LogP contribution in [0.2, 0.25) is 0 Å². The van der Waals surface area contributed by atoms with Crippen molar-refractivity contribution in [2.75, 3.05) is 0 Å². The molecule has 4 nitrogen and oxygen atoms in total. The second-order valence-electron chi connectivity index (χ2n) is 16.3. The Hall–Kier alpha value is -7.64. The lowest BCUT2D eigenvalue weighted by Crippen LogP contribution is -2.06. The molecule has 0 saturated heterocycles. The van der Waals surface area contributed by atoms with E-state index >= 15 is 0 Å². The zero-order valence-electron chi connectivity index (χ0n) is 35.2. The fourth-order valence-corrected chi connectivity index (χ4v) is 9.06. The molecule has 0 atom stereocenters. The summed E-state index contributed by atoms with van der Waals surface area (Å²) in [7, 11) is 0. The van der Waals surface area contributed by atoms with E-state index < -0.39 is 11.7 Å². The quantitative estimate of drug-likeness (QED) is 0.161. The predicted octanol–water partition coefficient (Wildman–Crippen LogP) is 15.2. The zero-order chi connectivity index (χ0) is 43.4. The Morgan fingerprint density at radius 3 is 1.52 bits per heavy atom. The van der Waals surface area contributed by atoms with Gasteiger partial charge < -0.3 is 4.57 Å². The van der Waals surface area contributed by atoms with Gasteiger partial charge in [-0.15, -0.1) is 0 Å². The summed E-state index contributed by atoms with van der Waals surface area (Å²) >= 11 is 0. The third-order valence-corrected chi connectivity index (χ3v) is 11.8. The van der Waals surface area contributed by atoms with Gasteiger partial charge in [-0.3, -0.25) is 0 Å². The van der Waals surface area contributed by atoms with Crippen LogP contribution in [0.25, 0.3) is 95.0 Å². The van der Waals surface area contributed by atoms with Gasteiger partial charge in [-0.2, -0.15) is 13.2 Å². The van der Waals surface area contributed by atoms with Crippen LogP contribution in [0.3, 0.4) is 0 Å². The minimum absolute atomic E-state index is 0.395. The first-order valence-corrected chi connectivity index (χ1v) is 20.9. The molecular formula is C56H41F3N4. The number of halogens is 3. The van der Waals surface area contributed by atoms with Gasteiger partial charge in [0.05, 0.1) is 22.3 Å². The maximum atomic E-state index is 14.6. The summed E-state index contributed by atoms with van der Waals surface area (Å²) in [6.45, 7) is 8.46. The van der Waals surface area contributed by atoms with Crippen LogP contribution < -0.4 is 0 Å². The Morgan fingerprint density at radius 2 is 0.921 bits per heavy atom. The molecule has 0 aliphatic heterocycles. The molecule has 10 rings (SSSR count). The molecule has 0 unspecified atom stereocenters. The second-order valence-corrected chi connectivity index (χ2v) is 16.3. The summed E-state index contributed by atoms with van der Waals surface area (Å²) in [4.78, 5) is 15.1. The van der Waals surface area contributed by atoms with E-state index in [1.54, 1.807) is 6.07 Å². The molecule has 0 radical (unpaired) electrons. The molecule has 0 fully saturated rings. The van der Waals surface area contributed by atoms with Gasteiger partial charge >= 0.3 is 6.18 Å². The number of rotatable bonds is 7. The Bertz CT molecular complexity index is 3290. The molecule has 63 heavy (non-hydrogen) atoms. The lowest BCUT2D eigenvalue weighted by molar-refractivity contribution is -0.137. The largest absolute Gasteiger partial charge is 0.416 e. The minimum atomic E-state index is -4.56. The van der Waals surface area contributed by atoms with E-state index in [4.69, 9.17) is 15.0 Å². The lowest BCUT2D eigenvalue weighted by atomic mass is 9.91. The number of alkyl halides is 3. The van der Waals surface area contributed by atoms with Crippen LogP contribution in [-0.2, 0) is 6.18 Å². The standard InChI is InChI=1S/C56H41F3N4/c1-34-15-13-20-40(29-34)46-32-43(55-61-53(38-16-7-5-8-17-38)60-54(62-55)39-18-9-6-10-19-39)33-47(41-21-14-22-44(30-41)56(57,58)59)52(46)63-49-24-12-11-23-45(49)48-31-42(25-26-50(48)63)51-36(3)27-35(2)28-37(51)4/h5-33H,1-4H3. The third-order valence-electron chi connectivity index (χ3n) is 11.8. The van der Waals surface area contributed by atoms with Crippen molar-refractivity contribution < 1.29 is 13.2 Å². The molecule has 0 saturated carbocycles. The maximum Gasteiger partial charge on any atom is 0.416 e. The smallest absolute Gasteiger partial charge is 0.308 e. The summed E-state index contributed by atoms with van der Waals surface area (Å²) in [5, 5.41) is 2.07. The Balaban J connectivity index is 1.33. The SMILES string of the molecule is Cc1cccc(-c2cc(-c3nc(-c4ccccc4)nc(-c4ccccc4)n3)cc(-c3cccc(C(F)(F)F)c3)c2-n2c3ccccc3c3cc(-c4c(C)cc(C)cc4C)ccc32)c1. The monoisotopic (exact) mass is 826 g/mol. The summed E-state index contributed by atoms with van der Waals surface area (Å²) in [6.07, 6.45) is -4.56. The molecule has 0 aliphatic carbocycles. The van der Waals surface area contributed by atoms with E-state index in [2.05, 4.69) is 86.0 Å². The Kier molecular flexibility index (Phi) is 9.83. The molecule has 2 aromatic heterocycles. The first kappa shape index (κ1) is 39.5. The molecule has 0 amide bonds. The third kappa shape index (κ3) is 7.35. The van der Waals surface area contributed by atoms with Crippen molar-refractivity contribution in [3.8, 4) is 73.2 Å². The maximum absolute atomic E-state index is 14.6. The van der Waals surface area contributed by atoms with Crippen LogP contribution in [0.5, 0.6) is 0 Å². The molecule has 8 aromatic carbocycles. The van der Waals surface area contributed by atoms with Crippen LogP contribution in [0, 0.1) is 27.7 Å². The summed E-state index contributed by atoms with van der Waals surface area (Å²) < 4.78 is 46.1. The topological polar surface area (TPSA) is 43.6 Å². The predicted molar refractivity (Wildman–Crippen MR) is 251 cm³/mol. The first-order valence-electron chi connectivity index (χ1n) is 20.9.